The van der Waals surface area contributed by atoms with E-state index in [1.165, 1.54) is 19.2 Å². The number of hydrogen-bond acceptors (Lipinski definition) is 5. The quantitative estimate of drug-likeness (QED) is 0.425. The van der Waals surface area contributed by atoms with Crippen molar-refractivity contribution in [1.29, 1.82) is 5.26 Å². The Kier molecular flexibility index (Phi) is 6.20. The van der Waals surface area contributed by atoms with Crippen LogP contribution in [0.2, 0.25) is 5.02 Å². The van der Waals surface area contributed by atoms with Crippen molar-refractivity contribution in [2.45, 2.75) is 0 Å². The van der Waals surface area contributed by atoms with Crippen LogP contribution < -0.4 is 21.1 Å². The second-order valence-corrected chi connectivity index (χ2v) is 5.47. The number of methoxy groups -OCH3 is 1. The zero-order valence-electron chi connectivity index (χ0n) is 13.7. The standard InChI is InChI=1S/C18H15ClN4O3/c1-26-16-7-6-12(19)8-15(16)23-17(24)11(9-20)10-22-18(25)13-4-2-3-5-14(13)21/h2-8,10H,21H2,1H3,(H,22,25)(H,23,24)/b11-10-. The van der Waals surface area contributed by atoms with Gasteiger partial charge < -0.3 is 21.1 Å². The van der Waals surface area contributed by atoms with Gasteiger partial charge in [0.2, 0.25) is 0 Å². The number of anilines is 2. The maximum atomic E-state index is 12.3. The van der Waals surface area contributed by atoms with Gasteiger partial charge in [-0.25, -0.2) is 0 Å². The van der Waals surface area contributed by atoms with E-state index in [2.05, 4.69) is 10.6 Å². The van der Waals surface area contributed by atoms with E-state index in [1.54, 1.807) is 36.4 Å². The van der Waals surface area contributed by atoms with Gasteiger partial charge in [-0.3, -0.25) is 9.59 Å². The summed E-state index contributed by atoms with van der Waals surface area (Å²) in [6, 6.07) is 12.8. The number of hydrogen-bond donors (Lipinski definition) is 3. The van der Waals surface area contributed by atoms with Crippen LogP contribution in [0.25, 0.3) is 0 Å². The van der Waals surface area contributed by atoms with Gasteiger partial charge in [0.05, 0.1) is 18.4 Å². The highest BCUT2D eigenvalue weighted by Crippen LogP contribution is 2.27. The fourth-order valence-electron chi connectivity index (χ4n) is 2.04. The molecule has 0 bridgehead atoms. The second kappa shape index (κ2) is 8.55. The van der Waals surface area contributed by atoms with Gasteiger partial charge in [0.25, 0.3) is 11.8 Å². The number of carbonyl (C=O) groups is 2. The zero-order valence-corrected chi connectivity index (χ0v) is 14.5. The lowest BCUT2D eigenvalue weighted by atomic mass is 10.1. The van der Waals surface area contributed by atoms with Crippen LogP contribution in [-0.4, -0.2) is 18.9 Å². The maximum Gasteiger partial charge on any atom is 0.267 e. The minimum Gasteiger partial charge on any atom is -0.495 e. The van der Waals surface area contributed by atoms with Crippen molar-refractivity contribution < 1.29 is 14.3 Å². The first-order chi connectivity index (χ1) is 12.5. The summed E-state index contributed by atoms with van der Waals surface area (Å²) in [5, 5.41) is 14.5. The number of amides is 2. The topological polar surface area (TPSA) is 117 Å². The highest BCUT2D eigenvalue weighted by Gasteiger charge is 2.14. The Bertz CT molecular complexity index is 919. The van der Waals surface area contributed by atoms with Crippen LogP contribution >= 0.6 is 11.6 Å². The van der Waals surface area contributed by atoms with Crippen molar-refractivity contribution in [3.8, 4) is 11.8 Å². The number of rotatable bonds is 5. The Morgan fingerprint density at radius 1 is 1.27 bits per heavy atom. The third-order valence-corrected chi connectivity index (χ3v) is 3.56. The minimum atomic E-state index is -0.727. The van der Waals surface area contributed by atoms with E-state index >= 15 is 0 Å². The molecule has 0 fully saturated rings. The number of halogens is 1. The first-order valence-corrected chi connectivity index (χ1v) is 7.74. The molecule has 0 aromatic heterocycles. The molecule has 0 aliphatic rings. The first kappa shape index (κ1) is 18.8. The van der Waals surface area contributed by atoms with Crippen LogP contribution in [0.1, 0.15) is 10.4 Å². The SMILES string of the molecule is COc1ccc(Cl)cc1NC(=O)/C(C#N)=C\NC(=O)c1ccccc1N. The molecule has 8 heteroatoms. The lowest BCUT2D eigenvalue weighted by molar-refractivity contribution is -0.112. The van der Waals surface area contributed by atoms with Gasteiger partial charge in [-0.1, -0.05) is 23.7 Å². The monoisotopic (exact) mass is 370 g/mol. The molecule has 0 saturated heterocycles. The molecule has 0 saturated carbocycles. The van der Waals surface area contributed by atoms with Crippen molar-refractivity contribution in [3.05, 3.63) is 64.8 Å². The Balaban J connectivity index is 2.15. The van der Waals surface area contributed by atoms with Gasteiger partial charge >= 0.3 is 0 Å². The van der Waals surface area contributed by atoms with Crippen LogP contribution in [0.5, 0.6) is 5.75 Å². The Hall–Kier alpha value is -3.50. The largest absolute Gasteiger partial charge is 0.495 e. The van der Waals surface area contributed by atoms with Crippen molar-refractivity contribution in [1.82, 2.24) is 5.32 Å². The molecule has 0 aliphatic carbocycles. The summed E-state index contributed by atoms with van der Waals surface area (Å²) in [6.45, 7) is 0. The summed E-state index contributed by atoms with van der Waals surface area (Å²) < 4.78 is 5.12. The van der Waals surface area contributed by atoms with Gasteiger partial charge in [-0.15, -0.1) is 0 Å². The smallest absolute Gasteiger partial charge is 0.267 e. The van der Waals surface area contributed by atoms with Crippen LogP contribution in [0, 0.1) is 11.3 Å². The maximum absolute atomic E-state index is 12.3. The van der Waals surface area contributed by atoms with Gasteiger partial charge in [0, 0.05) is 16.9 Å². The third kappa shape index (κ3) is 4.53. The molecule has 0 spiro atoms. The highest BCUT2D eigenvalue weighted by atomic mass is 35.5. The van der Waals surface area contributed by atoms with Crippen LogP contribution in [0.4, 0.5) is 11.4 Å². The number of nitriles is 1. The normalized spacial score (nSPS) is 10.6. The van der Waals surface area contributed by atoms with E-state index in [4.69, 9.17) is 22.1 Å². The summed E-state index contributed by atoms with van der Waals surface area (Å²) >= 11 is 5.90. The van der Waals surface area contributed by atoms with E-state index in [1.807, 2.05) is 0 Å². The van der Waals surface area contributed by atoms with Crippen LogP contribution in [0.15, 0.2) is 54.2 Å². The van der Waals surface area contributed by atoms with E-state index in [9.17, 15) is 14.9 Å². The third-order valence-electron chi connectivity index (χ3n) is 3.33. The lowest BCUT2D eigenvalue weighted by Gasteiger charge is -2.10. The molecule has 26 heavy (non-hydrogen) atoms. The molecule has 132 valence electrons. The van der Waals surface area contributed by atoms with E-state index in [-0.39, 0.29) is 16.8 Å². The molecule has 2 aromatic rings. The molecule has 2 amide bonds. The van der Waals surface area contributed by atoms with Gasteiger partial charge in [-0.05, 0) is 30.3 Å². The van der Waals surface area contributed by atoms with E-state index < -0.39 is 11.8 Å². The Labute approximate surface area is 155 Å². The molecule has 0 aliphatic heterocycles. The van der Waals surface area contributed by atoms with E-state index in [0.717, 1.165) is 6.20 Å². The van der Waals surface area contributed by atoms with Crippen LogP contribution in [-0.2, 0) is 4.79 Å². The summed E-state index contributed by atoms with van der Waals surface area (Å²) in [6.07, 6.45) is 1.02. The number of benzene rings is 2. The predicted molar refractivity (Wildman–Crippen MR) is 98.7 cm³/mol. The minimum absolute atomic E-state index is 0.234. The summed E-state index contributed by atoms with van der Waals surface area (Å²) in [5.74, 6) is -0.889. The molecule has 2 rings (SSSR count). The number of nitrogens with zero attached hydrogens (tertiary/aromatic N) is 1. The summed E-state index contributed by atoms with van der Waals surface area (Å²) in [5.41, 5.74) is 6.22. The van der Waals surface area contributed by atoms with Gasteiger partial charge in [0.1, 0.15) is 17.4 Å². The average molecular weight is 371 g/mol. The molecule has 0 unspecified atom stereocenters. The highest BCUT2D eigenvalue weighted by molar-refractivity contribution is 6.31. The molecule has 2 aromatic carbocycles. The molecule has 7 nitrogen and oxygen atoms in total. The number of carbonyl (C=O) groups excluding carboxylic acids is 2. The summed E-state index contributed by atoms with van der Waals surface area (Å²) in [7, 11) is 1.43. The number of nitrogens with one attached hydrogen (secondary N) is 2. The van der Waals surface area contributed by atoms with Crippen LogP contribution in [0.3, 0.4) is 0 Å². The van der Waals surface area contributed by atoms with Crippen molar-refractivity contribution in [2.24, 2.45) is 0 Å². The molecular formula is C18H15ClN4O3. The number of ether oxygens (including phenoxy) is 1. The van der Waals surface area contributed by atoms with Gasteiger partial charge in [0.15, 0.2) is 0 Å². The van der Waals surface area contributed by atoms with E-state index in [0.29, 0.717) is 16.5 Å². The lowest BCUT2D eigenvalue weighted by Crippen LogP contribution is -2.22. The fraction of sp³-hybridized carbons (Fsp3) is 0.0556. The molecule has 0 atom stereocenters. The average Bonchev–Trinajstić information content (AvgIpc) is 2.62. The molecular weight excluding hydrogens is 356 g/mol. The summed E-state index contributed by atoms with van der Waals surface area (Å²) in [4.78, 5) is 24.4. The van der Waals surface area contributed by atoms with Crippen molar-refractivity contribution >= 4 is 34.8 Å². The predicted octanol–water partition coefficient (Wildman–Crippen LogP) is 2.71. The number of para-hydroxylation sites is 1. The Morgan fingerprint density at radius 3 is 2.65 bits per heavy atom. The number of nitrogens with two attached hydrogens (primary N) is 1. The van der Waals surface area contributed by atoms with Crippen molar-refractivity contribution in [3.63, 3.8) is 0 Å². The first-order valence-electron chi connectivity index (χ1n) is 7.36. The zero-order chi connectivity index (χ0) is 19.1. The van der Waals surface area contributed by atoms with Gasteiger partial charge in [-0.2, -0.15) is 5.26 Å². The number of nitrogen functional groups attached to an aromatic ring is 1. The van der Waals surface area contributed by atoms with Crippen molar-refractivity contribution in [2.75, 3.05) is 18.2 Å². The molecule has 4 N–H and O–H groups in total. The fourth-order valence-corrected chi connectivity index (χ4v) is 2.21. The molecule has 0 heterocycles. The molecule has 0 radical (unpaired) electrons. The Morgan fingerprint density at radius 2 is 2.00 bits per heavy atom. The second-order valence-electron chi connectivity index (χ2n) is 5.03.